The molecule has 0 saturated heterocycles. The fourth-order valence-corrected chi connectivity index (χ4v) is 4.69. The van der Waals surface area contributed by atoms with Gasteiger partial charge in [-0.25, -0.2) is 13.1 Å². The molecule has 0 unspecified atom stereocenters. The van der Waals surface area contributed by atoms with Crippen LogP contribution in [0.15, 0.2) is 11.1 Å². The van der Waals surface area contributed by atoms with Crippen LogP contribution in [0.3, 0.4) is 0 Å². The Morgan fingerprint density at radius 2 is 1.74 bits per heavy atom. The summed E-state index contributed by atoms with van der Waals surface area (Å²) in [5.41, 5.74) is 0.334. The highest BCUT2D eigenvalue weighted by Crippen LogP contribution is 2.29. The highest BCUT2D eigenvalue weighted by molar-refractivity contribution is 7.89. The minimum atomic E-state index is -3.54. The highest BCUT2D eigenvalue weighted by atomic mass is 32.2. The van der Waals surface area contributed by atoms with Crippen molar-refractivity contribution in [2.45, 2.75) is 95.5 Å². The summed E-state index contributed by atoms with van der Waals surface area (Å²) in [6.07, 6.45) is 8.16. The first kappa shape index (κ1) is 18.5. The van der Waals surface area contributed by atoms with Gasteiger partial charge in [0.25, 0.3) is 0 Å². The van der Waals surface area contributed by atoms with Gasteiger partial charge in [0.2, 0.25) is 10.0 Å². The first-order valence-corrected chi connectivity index (χ1v) is 10.2. The van der Waals surface area contributed by atoms with Crippen molar-refractivity contribution < 1.29 is 8.42 Å². The zero-order valence-electron chi connectivity index (χ0n) is 15.1. The predicted molar refractivity (Wildman–Crippen MR) is 93.1 cm³/mol. The van der Waals surface area contributed by atoms with Crippen molar-refractivity contribution in [2.75, 3.05) is 0 Å². The van der Waals surface area contributed by atoms with Gasteiger partial charge < -0.3 is 0 Å². The molecule has 1 aliphatic rings. The summed E-state index contributed by atoms with van der Waals surface area (Å²) in [4.78, 5) is 0.336. The number of sulfonamides is 1. The van der Waals surface area contributed by atoms with Crippen LogP contribution in [-0.2, 0) is 15.4 Å². The molecule has 1 heterocycles. The van der Waals surface area contributed by atoms with E-state index in [0.717, 1.165) is 25.7 Å². The van der Waals surface area contributed by atoms with Crippen LogP contribution in [0.2, 0.25) is 0 Å². The second-order valence-corrected chi connectivity index (χ2v) is 9.66. The van der Waals surface area contributed by atoms with Gasteiger partial charge in [0.1, 0.15) is 4.90 Å². The standard InChI is InChI=1S/C17H31N3O2S/c1-13(2)20-12-15(16(18-20)17(3,4)5)23(21,22)19-14-10-8-6-7-9-11-14/h12-14,19H,6-11H2,1-5H3. The van der Waals surface area contributed by atoms with Gasteiger partial charge >= 0.3 is 0 Å². The van der Waals surface area contributed by atoms with Crippen molar-refractivity contribution in [2.24, 2.45) is 0 Å². The van der Waals surface area contributed by atoms with E-state index in [4.69, 9.17) is 0 Å². The monoisotopic (exact) mass is 341 g/mol. The maximum Gasteiger partial charge on any atom is 0.244 e. The van der Waals surface area contributed by atoms with E-state index < -0.39 is 10.0 Å². The lowest BCUT2D eigenvalue weighted by atomic mass is 9.92. The second kappa shape index (κ2) is 6.93. The molecule has 0 aromatic carbocycles. The van der Waals surface area contributed by atoms with Crippen LogP contribution >= 0.6 is 0 Å². The summed E-state index contributed by atoms with van der Waals surface area (Å²) >= 11 is 0. The highest BCUT2D eigenvalue weighted by Gasteiger charge is 2.31. The second-order valence-electron chi connectivity index (χ2n) is 7.98. The molecule has 5 nitrogen and oxygen atoms in total. The van der Waals surface area contributed by atoms with Crippen molar-refractivity contribution in [3.8, 4) is 0 Å². The molecular weight excluding hydrogens is 310 g/mol. The quantitative estimate of drug-likeness (QED) is 0.848. The fraction of sp³-hybridized carbons (Fsp3) is 0.824. The Bertz CT molecular complexity index is 619. The normalized spacial score (nSPS) is 18.3. The summed E-state index contributed by atoms with van der Waals surface area (Å²) in [5.74, 6) is 0. The Morgan fingerprint density at radius 1 is 1.17 bits per heavy atom. The number of hydrogen-bond donors (Lipinski definition) is 1. The van der Waals surface area contributed by atoms with E-state index in [-0.39, 0.29) is 17.5 Å². The third kappa shape index (κ3) is 4.57. The van der Waals surface area contributed by atoms with Crippen LogP contribution < -0.4 is 4.72 Å². The van der Waals surface area contributed by atoms with Gasteiger partial charge in [0.05, 0.1) is 5.69 Å². The van der Waals surface area contributed by atoms with Gasteiger partial charge in [-0.05, 0) is 26.7 Å². The average Bonchev–Trinajstić information content (AvgIpc) is 2.75. The average molecular weight is 342 g/mol. The molecular formula is C17H31N3O2S. The van der Waals surface area contributed by atoms with Crippen molar-refractivity contribution in [3.05, 3.63) is 11.9 Å². The minimum absolute atomic E-state index is 0.0534. The summed E-state index contributed by atoms with van der Waals surface area (Å²) in [5, 5.41) is 4.56. The molecule has 0 radical (unpaired) electrons. The molecule has 132 valence electrons. The Kier molecular flexibility index (Phi) is 5.56. The lowest BCUT2D eigenvalue weighted by molar-refractivity contribution is 0.491. The third-order valence-corrected chi connectivity index (χ3v) is 5.93. The van der Waals surface area contributed by atoms with E-state index in [0.29, 0.717) is 10.6 Å². The zero-order chi connectivity index (χ0) is 17.3. The molecule has 1 aromatic heterocycles. The molecule has 0 atom stereocenters. The third-order valence-electron chi connectivity index (χ3n) is 4.40. The van der Waals surface area contributed by atoms with Crippen LogP contribution in [0.1, 0.15) is 84.9 Å². The molecule has 23 heavy (non-hydrogen) atoms. The number of rotatable bonds is 4. The van der Waals surface area contributed by atoms with Crippen LogP contribution in [0.5, 0.6) is 0 Å². The minimum Gasteiger partial charge on any atom is -0.269 e. The van der Waals surface area contributed by atoms with E-state index in [2.05, 4.69) is 9.82 Å². The Morgan fingerprint density at radius 3 is 2.22 bits per heavy atom. The van der Waals surface area contributed by atoms with Crippen molar-refractivity contribution in [1.82, 2.24) is 14.5 Å². The smallest absolute Gasteiger partial charge is 0.244 e. The SMILES string of the molecule is CC(C)n1cc(S(=O)(=O)NC2CCCCCC2)c(C(C)(C)C)n1. The van der Waals surface area contributed by atoms with Crippen LogP contribution in [0, 0.1) is 0 Å². The predicted octanol–water partition coefficient (Wildman–Crippen LogP) is 3.76. The van der Waals surface area contributed by atoms with E-state index in [1.165, 1.54) is 12.8 Å². The molecule has 1 saturated carbocycles. The molecule has 0 bridgehead atoms. The van der Waals surface area contributed by atoms with Gasteiger partial charge in [-0.15, -0.1) is 0 Å². The van der Waals surface area contributed by atoms with Crippen LogP contribution in [0.25, 0.3) is 0 Å². The molecule has 0 spiro atoms. The Balaban J connectivity index is 2.34. The van der Waals surface area contributed by atoms with E-state index in [1.54, 1.807) is 10.9 Å². The summed E-state index contributed by atoms with van der Waals surface area (Å²) < 4.78 is 30.6. The first-order valence-electron chi connectivity index (χ1n) is 8.73. The zero-order valence-corrected chi connectivity index (χ0v) is 15.9. The Hall–Kier alpha value is -0.880. The molecule has 2 rings (SSSR count). The van der Waals surface area contributed by atoms with Gasteiger partial charge in [-0.2, -0.15) is 5.10 Å². The molecule has 0 aliphatic heterocycles. The molecule has 6 heteroatoms. The van der Waals surface area contributed by atoms with E-state index >= 15 is 0 Å². The number of aromatic nitrogens is 2. The van der Waals surface area contributed by atoms with Crippen molar-refractivity contribution in [3.63, 3.8) is 0 Å². The van der Waals surface area contributed by atoms with Gasteiger partial charge in [-0.1, -0.05) is 46.5 Å². The molecule has 1 aromatic rings. The number of nitrogens with zero attached hydrogens (tertiary/aromatic N) is 2. The topological polar surface area (TPSA) is 64.0 Å². The molecule has 0 amide bonds. The maximum atomic E-state index is 13.0. The van der Waals surface area contributed by atoms with Crippen molar-refractivity contribution in [1.29, 1.82) is 0 Å². The van der Waals surface area contributed by atoms with Gasteiger partial charge in [-0.3, -0.25) is 4.68 Å². The summed E-state index contributed by atoms with van der Waals surface area (Å²) in [7, 11) is -3.54. The summed E-state index contributed by atoms with van der Waals surface area (Å²) in [6.45, 7) is 10.0. The van der Waals surface area contributed by atoms with Crippen molar-refractivity contribution >= 4 is 10.0 Å². The first-order chi connectivity index (χ1) is 10.6. The van der Waals surface area contributed by atoms with Crippen LogP contribution in [0.4, 0.5) is 0 Å². The number of nitrogens with one attached hydrogen (secondary N) is 1. The Labute approximate surface area is 140 Å². The lowest BCUT2D eigenvalue weighted by Gasteiger charge is -2.20. The van der Waals surface area contributed by atoms with Crippen LogP contribution in [-0.4, -0.2) is 24.2 Å². The molecule has 1 N–H and O–H groups in total. The maximum absolute atomic E-state index is 13.0. The van der Waals surface area contributed by atoms with Gasteiger partial charge in [0, 0.05) is 23.7 Å². The summed E-state index contributed by atoms with van der Waals surface area (Å²) in [6, 6.07) is 0.190. The lowest BCUT2D eigenvalue weighted by Crippen LogP contribution is -2.35. The fourth-order valence-electron chi connectivity index (χ4n) is 3.04. The van der Waals surface area contributed by atoms with E-state index in [1.807, 2.05) is 34.6 Å². The van der Waals surface area contributed by atoms with E-state index in [9.17, 15) is 8.42 Å². The largest absolute Gasteiger partial charge is 0.269 e. The molecule has 1 aliphatic carbocycles. The number of hydrogen-bond acceptors (Lipinski definition) is 3. The molecule has 1 fully saturated rings. The van der Waals surface area contributed by atoms with Gasteiger partial charge in [0.15, 0.2) is 0 Å².